The number of benzene rings is 1. The first-order valence-corrected chi connectivity index (χ1v) is 9.12. The third-order valence-electron chi connectivity index (χ3n) is 4.83. The molecule has 1 aromatic carbocycles. The second kappa shape index (κ2) is 7.53. The van der Waals surface area contributed by atoms with Crippen LogP contribution in [0.3, 0.4) is 0 Å². The fraction of sp³-hybridized carbons (Fsp3) is 0.450. The predicted octanol–water partition coefficient (Wildman–Crippen LogP) is 3.11. The highest BCUT2D eigenvalue weighted by atomic mass is 16.5. The molecule has 8 nitrogen and oxygen atoms in total. The minimum atomic E-state index is -1.13. The smallest absolute Gasteiger partial charge is 0.343 e. The van der Waals surface area contributed by atoms with Crippen molar-refractivity contribution in [1.29, 1.82) is 0 Å². The first-order valence-electron chi connectivity index (χ1n) is 9.12. The van der Waals surface area contributed by atoms with E-state index in [0.717, 1.165) is 0 Å². The Hall–Kier alpha value is -3.03. The average Bonchev–Trinajstić information content (AvgIpc) is 3.23. The summed E-state index contributed by atoms with van der Waals surface area (Å²) >= 11 is 0. The van der Waals surface area contributed by atoms with Crippen molar-refractivity contribution in [3.63, 3.8) is 0 Å². The van der Waals surface area contributed by atoms with Gasteiger partial charge in [-0.05, 0) is 45.0 Å². The summed E-state index contributed by atoms with van der Waals surface area (Å²) in [5, 5.41) is 16.6. The van der Waals surface area contributed by atoms with E-state index in [-0.39, 0.29) is 34.5 Å². The zero-order valence-corrected chi connectivity index (χ0v) is 16.5. The highest BCUT2D eigenvalue weighted by molar-refractivity contribution is 5.99. The summed E-state index contributed by atoms with van der Waals surface area (Å²) < 4.78 is 10.4. The Bertz CT molecular complexity index is 867. The van der Waals surface area contributed by atoms with Crippen LogP contribution in [0.5, 0.6) is 5.75 Å². The van der Waals surface area contributed by atoms with Gasteiger partial charge in [-0.1, -0.05) is 5.16 Å². The molecule has 1 aliphatic heterocycles. The second-order valence-corrected chi connectivity index (χ2v) is 7.90. The number of amides is 1. The quantitative estimate of drug-likeness (QED) is 0.784. The van der Waals surface area contributed by atoms with Crippen LogP contribution < -0.4 is 10.1 Å². The summed E-state index contributed by atoms with van der Waals surface area (Å²) in [7, 11) is 1.56. The van der Waals surface area contributed by atoms with E-state index in [9.17, 15) is 14.7 Å². The first kappa shape index (κ1) is 19.7. The van der Waals surface area contributed by atoms with E-state index in [1.165, 1.54) is 0 Å². The van der Waals surface area contributed by atoms with E-state index in [2.05, 4.69) is 10.5 Å². The van der Waals surface area contributed by atoms with Gasteiger partial charge in [-0.2, -0.15) is 0 Å². The Labute approximate surface area is 163 Å². The van der Waals surface area contributed by atoms with Gasteiger partial charge in [-0.3, -0.25) is 4.79 Å². The number of nitrogens with zero attached hydrogens (tertiary/aromatic N) is 2. The fourth-order valence-electron chi connectivity index (χ4n) is 3.36. The predicted molar refractivity (Wildman–Crippen MR) is 104 cm³/mol. The normalized spacial score (nSPS) is 17.1. The molecule has 28 heavy (non-hydrogen) atoms. The molecule has 1 aromatic heterocycles. The topological polar surface area (TPSA) is 105 Å². The number of likely N-dealkylation sites (tertiary alicyclic amines) is 1. The molecule has 1 aliphatic rings. The number of nitrogens with one attached hydrogen (secondary N) is 1. The monoisotopic (exact) mass is 387 g/mol. The molecule has 0 spiro atoms. The lowest BCUT2D eigenvalue weighted by Crippen LogP contribution is -2.42. The molecule has 1 saturated heterocycles. The number of carbonyl (C=O) groups is 2. The maximum atomic E-state index is 12.2. The average molecular weight is 387 g/mol. The maximum absolute atomic E-state index is 12.2. The number of rotatable bonds is 6. The number of carboxylic acids is 1. The number of anilines is 1. The van der Waals surface area contributed by atoms with E-state index < -0.39 is 5.97 Å². The summed E-state index contributed by atoms with van der Waals surface area (Å²) in [5.74, 6) is 0.0592. The number of methoxy groups -OCH3 is 1. The number of carbonyl (C=O) groups excluding carboxylic acids is 1. The first-order chi connectivity index (χ1) is 13.2. The van der Waals surface area contributed by atoms with Gasteiger partial charge in [-0.25, -0.2) is 4.79 Å². The molecule has 1 amide bonds. The van der Waals surface area contributed by atoms with Gasteiger partial charge >= 0.3 is 5.97 Å². The van der Waals surface area contributed by atoms with Crippen molar-refractivity contribution in [2.75, 3.05) is 25.5 Å². The Morgan fingerprint density at radius 2 is 2.04 bits per heavy atom. The molecule has 0 radical (unpaired) electrons. The molecule has 1 atom stereocenters. The molecule has 0 bridgehead atoms. The maximum Gasteiger partial charge on any atom is 0.343 e. The molecule has 2 heterocycles. The standard InChI is InChI=1S/C20H25N3O5/c1-20(2,3)23-11-12(9-15(23)24)10-21-18-16(19(25)26)17(28-22-18)13-5-7-14(27-4)8-6-13/h5-8,12H,9-11H2,1-4H3,(H,21,22)(H,25,26). The van der Waals surface area contributed by atoms with Crippen molar-refractivity contribution in [3.8, 4) is 17.1 Å². The zero-order chi connectivity index (χ0) is 20.5. The Balaban J connectivity index is 1.75. The van der Waals surface area contributed by atoms with Gasteiger partial charge in [0.05, 0.1) is 7.11 Å². The fourth-order valence-corrected chi connectivity index (χ4v) is 3.36. The highest BCUT2D eigenvalue weighted by Crippen LogP contribution is 2.31. The minimum absolute atomic E-state index is 0.0258. The molecule has 1 fully saturated rings. The van der Waals surface area contributed by atoms with Crippen LogP contribution in [-0.4, -0.2) is 52.8 Å². The van der Waals surface area contributed by atoms with Gasteiger partial charge in [0, 0.05) is 36.5 Å². The summed E-state index contributed by atoms with van der Waals surface area (Å²) in [6.45, 7) is 7.07. The van der Waals surface area contributed by atoms with Crippen molar-refractivity contribution < 1.29 is 24.0 Å². The number of aromatic nitrogens is 1. The third-order valence-corrected chi connectivity index (χ3v) is 4.83. The lowest BCUT2D eigenvalue weighted by Gasteiger charge is -2.32. The molecular formula is C20H25N3O5. The van der Waals surface area contributed by atoms with Crippen LogP contribution in [0, 0.1) is 5.92 Å². The second-order valence-electron chi connectivity index (χ2n) is 7.90. The number of hydrogen-bond donors (Lipinski definition) is 2. The van der Waals surface area contributed by atoms with Crippen molar-refractivity contribution in [1.82, 2.24) is 10.1 Å². The van der Waals surface area contributed by atoms with Crippen LogP contribution in [0.4, 0.5) is 5.82 Å². The van der Waals surface area contributed by atoms with Crippen molar-refractivity contribution in [2.45, 2.75) is 32.7 Å². The van der Waals surface area contributed by atoms with Crippen LogP contribution >= 0.6 is 0 Å². The zero-order valence-electron chi connectivity index (χ0n) is 16.5. The Kier molecular flexibility index (Phi) is 5.31. The van der Waals surface area contributed by atoms with Gasteiger partial charge in [0.15, 0.2) is 17.1 Å². The van der Waals surface area contributed by atoms with Gasteiger partial charge < -0.3 is 24.6 Å². The number of hydrogen-bond acceptors (Lipinski definition) is 6. The largest absolute Gasteiger partial charge is 0.497 e. The molecule has 3 rings (SSSR count). The molecule has 1 unspecified atom stereocenters. The van der Waals surface area contributed by atoms with Crippen LogP contribution in [0.15, 0.2) is 28.8 Å². The van der Waals surface area contributed by atoms with Crippen molar-refractivity contribution >= 4 is 17.7 Å². The molecule has 8 heteroatoms. The van der Waals surface area contributed by atoms with E-state index in [4.69, 9.17) is 9.26 Å². The lowest BCUT2D eigenvalue weighted by atomic mass is 10.1. The summed E-state index contributed by atoms with van der Waals surface area (Å²) in [6.07, 6.45) is 0.426. The minimum Gasteiger partial charge on any atom is -0.497 e. The van der Waals surface area contributed by atoms with E-state index in [0.29, 0.717) is 30.8 Å². The molecule has 0 saturated carbocycles. The third kappa shape index (κ3) is 3.95. The van der Waals surface area contributed by atoms with Crippen molar-refractivity contribution in [3.05, 3.63) is 29.8 Å². The van der Waals surface area contributed by atoms with Crippen LogP contribution in [0.2, 0.25) is 0 Å². The number of ether oxygens (including phenoxy) is 1. The van der Waals surface area contributed by atoms with Crippen molar-refractivity contribution in [2.24, 2.45) is 5.92 Å². The summed E-state index contributed by atoms with van der Waals surface area (Å²) in [6, 6.07) is 6.88. The van der Waals surface area contributed by atoms with E-state index >= 15 is 0 Å². The summed E-state index contributed by atoms with van der Waals surface area (Å²) in [4.78, 5) is 25.9. The van der Waals surface area contributed by atoms with E-state index in [1.807, 2.05) is 25.7 Å². The summed E-state index contributed by atoms with van der Waals surface area (Å²) in [5.41, 5.74) is 0.337. The van der Waals surface area contributed by atoms with Gasteiger partial charge in [-0.15, -0.1) is 0 Å². The van der Waals surface area contributed by atoms with Crippen LogP contribution in [-0.2, 0) is 4.79 Å². The molecule has 150 valence electrons. The lowest BCUT2D eigenvalue weighted by molar-refractivity contribution is -0.131. The van der Waals surface area contributed by atoms with Gasteiger partial charge in [0.2, 0.25) is 5.91 Å². The Morgan fingerprint density at radius 1 is 1.36 bits per heavy atom. The van der Waals surface area contributed by atoms with Gasteiger partial charge in [0.1, 0.15) is 5.75 Å². The van der Waals surface area contributed by atoms with Crippen LogP contribution in [0.25, 0.3) is 11.3 Å². The van der Waals surface area contributed by atoms with Gasteiger partial charge in [0.25, 0.3) is 0 Å². The number of aromatic carboxylic acids is 1. The molecular weight excluding hydrogens is 362 g/mol. The molecule has 2 aromatic rings. The van der Waals surface area contributed by atoms with E-state index in [1.54, 1.807) is 31.4 Å². The van der Waals surface area contributed by atoms with Crippen LogP contribution in [0.1, 0.15) is 37.6 Å². The Morgan fingerprint density at radius 3 is 2.57 bits per heavy atom. The molecule has 0 aliphatic carbocycles. The molecule has 2 N–H and O–H groups in total. The number of carboxylic acid groups (broad SMARTS) is 1. The SMILES string of the molecule is COc1ccc(-c2onc(NCC3CC(=O)N(C(C)(C)C)C3)c2C(=O)O)cc1. The highest BCUT2D eigenvalue weighted by Gasteiger charge is 2.36.